The lowest BCUT2D eigenvalue weighted by Gasteiger charge is -2.35. The molecule has 0 bridgehead atoms. The van der Waals surface area contributed by atoms with Gasteiger partial charge in [-0.05, 0) is 12.8 Å². The SMILES string of the molecule is O=C(O)N1CCCC(F)C1n1ncc(Cl)c(Cl)c1=O. The average Bonchev–Trinajstić information content (AvgIpc) is 2.37. The van der Waals surface area contributed by atoms with Gasteiger partial charge in [-0.3, -0.25) is 9.69 Å². The van der Waals surface area contributed by atoms with E-state index in [-0.39, 0.29) is 23.0 Å². The van der Waals surface area contributed by atoms with Gasteiger partial charge in [-0.1, -0.05) is 23.2 Å². The number of aromatic nitrogens is 2. The van der Waals surface area contributed by atoms with Gasteiger partial charge in [-0.15, -0.1) is 0 Å². The third kappa shape index (κ3) is 2.52. The van der Waals surface area contributed by atoms with Crippen molar-refractivity contribution in [3.63, 3.8) is 0 Å². The standard InChI is InChI=1S/C10H10Cl2FN3O3/c11-5-4-14-16(9(17)7(5)12)8-6(13)2-1-3-15(8)10(18)19/h4,6,8H,1-3H2,(H,18,19). The Morgan fingerprint density at radius 2 is 2.21 bits per heavy atom. The highest BCUT2D eigenvalue weighted by Gasteiger charge is 2.37. The van der Waals surface area contributed by atoms with Crippen molar-refractivity contribution >= 4 is 29.3 Å². The number of nitrogens with zero attached hydrogens (tertiary/aromatic N) is 3. The molecule has 1 N–H and O–H groups in total. The minimum absolute atomic E-state index is 0.0593. The highest BCUT2D eigenvalue weighted by molar-refractivity contribution is 6.41. The molecular formula is C10H10Cl2FN3O3. The Balaban J connectivity index is 2.51. The first-order valence-electron chi connectivity index (χ1n) is 5.50. The molecule has 0 radical (unpaired) electrons. The van der Waals surface area contributed by atoms with Gasteiger partial charge in [0.25, 0.3) is 5.56 Å². The Hall–Kier alpha value is -1.34. The van der Waals surface area contributed by atoms with Crippen LogP contribution in [-0.2, 0) is 0 Å². The smallest absolute Gasteiger partial charge is 0.409 e. The predicted molar refractivity (Wildman–Crippen MR) is 66.4 cm³/mol. The molecule has 6 nitrogen and oxygen atoms in total. The number of likely N-dealkylation sites (tertiary alicyclic amines) is 1. The second kappa shape index (κ2) is 5.34. The molecule has 19 heavy (non-hydrogen) atoms. The van der Waals surface area contributed by atoms with Crippen molar-refractivity contribution in [2.75, 3.05) is 6.54 Å². The third-order valence-corrected chi connectivity index (χ3v) is 3.67. The zero-order valence-corrected chi connectivity index (χ0v) is 11.1. The van der Waals surface area contributed by atoms with Gasteiger partial charge in [0.2, 0.25) is 0 Å². The van der Waals surface area contributed by atoms with Gasteiger partial charge in [-0.25, -0.2) is 13.9 Å². The Morgan fingerprint density at radius 3 is 2.84 bits per heavy atom. The average molecular weight is 310 g/mol. The molecule has 1 aliphatic rings. The zero-order valence-electron chi connectivity index (χ0n) is 9.59. The maximum absolute atomic E-state index is 14.0. The van der Waals surface area contributed by atoms with Crippen molar-refractivity contribution < 1.29 is 14.3 Å². The molecule has 0 spiro atoms. The summed E-state index contributed by atoms with van der Waals surface area (Å²) in [5, 5.41) is 12.4. The van der Waals surface area contributed by atoms with Crippen LogP contribution in [0.25, 0.3) is 0 Å². The first-order chi connectivity index (χ1) is 8.93. The lowest BCUT2D eigenvalue weighted by atomic mass is 10.1. The Kier molecular flexibility index (Phi) is 3.96. The van der Waals surface area contributed by atoms with Gasteiger partial charge >= 0.3 is 6.09 Å². The quantitative estimate of drug-likeness (QED) is 0.862. The summed E-state index contributed by atoms with van der Waals surface area (Å²) in [5.41, 5.74) is -0.810. The third-order valence-electron chi connectivity index (χ3n) is 2.92. The summed E-state index contributed by atoms with van der Waals surface area (Å²) in [5.74, 6) is 0. The Bertz CT molecular complexity index is 565. The Morgan fingerprint density at radius 1 is 1.53 bits per heavy atom. The van der Waals surface area contributed by atoms with E-state index >= 15 is 0 Å². The number of hydrogen-bond acceptors (Lipinski definition) is 3. The molecule has 9 heteroatoms. The van der Waals surface area contributed by atoms with Crippen LogP contribution in [0.3, 0.4) is 0 Å². The highest BCUT2D eigenvalue weighted by atomic mass is 35.5. The molecule has 0 aliphatic carbocycles. The van der Waals surface area contributed by atoms with Crippen LogP contribution >= 0.6 is 23.2 Å². The lowest BCUT2D eigenvalue weighted by Crippen LogP contribution is -2.49. The maximum atomic E-state index is 14.0. The second-order valence-electron chi connectivity index (χ2n) is 4.10. The van der Waals surface area contributed by atoms with E-state index in [1.165, 1.54) is 0 Å². The van der Waals surface area contributed by atoms with Crippen molar-refractivity contribution in [1.29, 1.82) is 0 Å². The van der Waals surface area contributed by atoms with Gasteiger partial charge in [-0.2, -0.15) is 5.10 Å². The predicted octanol–water partition coefficient (Wildman–Crippen LogP) is 2.16. The van der Waals surface area contributed by atoms with Crippen LogP contribution in [0.4, 0.5) is 9.18 Å². The van der Waals surface area contributed by atoms with Crippen molar-refractivity contribution in [3.05, 3.63) is 26.6 Å². The van der Waals surface area contributed by atoms with Crippen molar-refractivity contribution in [1.82, 2.24) is 14.7 Å². The first-order valence-corrected chi connectivity index (χ1v) is 6.25. The summed E-state index contributed by atoms with van der Waals surface area (Å²) in [4.78, 5) is 23.8. The zero-order chi connectivity index (χ0) is 14.2. The number of carboxylic acid groups (broad SMARTS) is 1. The molecule has 1 amide bonds. The normalized spacial score (nSPS) is 23.4. The summed E-state index contributed by atoms with van der Waals surface area (Å²) in [6, 6.07) is 0. The van der Waals surface area contributed by atoms with E-state index in [9.17, 15) is 14.0 Å². The van der Waals surface area contributed by atoms with Crippen LogP contribution < -0.4 is 5.56 Å². The van der Waals surface area contributed by atoms with E-state index in [1.807, 2.05) is 0 Å². The highest BCUT2D eigenvalue weighted by Crippen LogP contribution is 2.28. The molecule has 1 fully saturated rings. The van der Waals surface area contributed by atoms with Crippen molar-refractivity contribution in [2.24, 2.45) is 0 Å². The van der Waals surface area contributed by atoms with Crippen molar-refractivity contribution in [3.8, 4) is 0 Å². The molecule has 1 saturated heterocycles. The van der Waals surface area contributed by atoms with Crippen LogP contribution in [0.1, 0.15) is 19.0 Å². The fourth-order valence-corrected chi connectivity index (χ4v) is 2.30. The van der Waals surface area contributed by atoms with Crippen molar-refractivity contribution in [2.45, 2.75) is 25.2 Å². The summed E-state index contributed by atoms with van der Waals surface area (Å²) >= 11 is 11.3. The van der Waals surface area contributed by atoms with Gasteiger partial charge < -0.3 is 5.11 Å². The number of piperidine rings is 1. The molecule has 1 aromatic heterocycles. The second-order valence-corrected chi connectivity index (χ2v) is 4.89. The molecule has 1 aliphatic heterocycles. The maximum Gasteiger partial charge on any atom is 0.409 e. The van der Waals surface area contributed by atoms with Crippen LogP contribution in [0.2, 0.25) is 10.0 Å². The van der Waals surface area contributed by atoms with Crippen LogP contribution in [-0.4, -0.2) is 38.6 Å². The van der Waals surface area contributed by atoms with E-state index in [0.29, 0.717) is 6.42 Å². The number of carbonyl (C=O) groups is 1. The van der Waals surface area contributed by atoms with Gasteiger partial charge in [0, 0.05) is 6.54 Å². The number of halogens is 3. The number of hydrogen-bond donors (Lipinski definition) is 1. The monoisotopic (exact) mass is 309 g/mol. The van der Waals surface area contributed by atoms with Gasteiger partial charge in [0.15, 0.2) is 6.17 Å². The fourth-order valence-electron chi connectivity index (χ4n) is 2.04. The minimum atomic E-state index is -1.52. The summed E-state index contributed by atoms with van der Waals surface area (Å²) in [6.45, 7) is 0.134. The van der Waals surface area contributed by atoms with Gasteiger partial charge in [0.1, 0.15) is 11.2 Å². The number of rotatable bonds is 1. The fraction of sp³-hybridized carbons (Fsp3) is 0.500. The Labute approximate surface area is 117 Å². The van der Waals surface area contributed by atoms with Crippen LogP contribution in [0.5, 0.6) is 0 Å². The molecule has 2 atom stereocenters. The summed E-state index contributed by atoms with van der Waals surface area (Å²) in [6.07, 6.45) is -2.51. The van der Waals surface area contributed by atoms with Crippen LogP contribution in [0, 0.1) is 0 Å². The van der Waals surface area contributed by atoms with E-state index in [2.05, 4.69) is 5.10 Å². The summed E-state index contributed by atoms with van der Waals surface area (Å²) in [7, 11) is 0. The molecule has 0 saturated carbocycles. The van der Waals surface area contributed by atoms with E-state index in [4.69, 9.17) is 28.3 Å². The van der Waals surface area contributed by atoms with Gasteiger partial charge in [0.05, 0.1) is 11.2 Å². The molecule has 0 aromatic carbocycles. The molecule has 1 aromatic rings. The van der Waals surface area contributed by atoms with E-state index in [0.717, 1.165) is 15.8 Å². The molecule has 2 unspecified atom stereocenters. The molecule has 104 valence electrons. The molecule has 2 heterocycles. The molecule has 2 rings (SSSR count). The minimum Gasteiger partial charge on any atom is -0.465 e. The number of alkyl halides is 1. The lowest BCUT2D eigenvalue weighted by molar-refractivity contribution is 0.0158. The summed E-state index contributed by atoms with van der Waals surface area (Å²) < 4.78 is 14.7. The number of amides is 1. The molecular weight excluding hydrogens is 300 g/mol. The van der Waals surface area contributed by atoms with E-state index in [1.54, 1.807) is 0 Å². The first kappa shape index (κ1) is 14.1. The largest absolute Gasteiger partial charge is 0.465 e. The van der Waals surface area contributed by atoms with E-state index < -0.39 is 24.0 Å². The van der Waals surface area contributed by atoms with Crippen LogP contribution in [0.15, 0.2) is 11.0 Å². The topological polar surface area (TPSA) is 75.4 Å².